The third-order valence-corrected chi connectivity index (χ3v) is 4.30. The van der Waals surface area contributed by atoms with Crippen molar-refractivity contribution in [2.45, 2.75) is 32.3 Å². The lowest BCUT2D eigenvalue weighted by Gasteiger charge is -2.37. The summed E-state index contributed by atoms with van der Waals surface area (Å²) in [6.07, 6.45) is -1.62. The number of nitrogens with zero attached hydrogens (tertiary/aromatic N) is 1. The second-order valence-electron chi connectivity index (χ2n) is 6.52. The van der Waals surface area contributed by atoms with Crippen LogP contribution in [0.25, 0.3) is 0 Å². The summed E-state index contributed by atoms with van der Waals surface area (Å²) in [5.41, 5.74) is 6.25. The minimum atomic E-state index is -1.06. The lowest BCUT2D eigenvalue weighted by Crippen LogP contribution is -2.48. The first kappa shape index (κ1) is 19.0. The molecule has 2 heterocycles. The molecule has 0 saturated carbocycles. The number of rotatable bonds is 6. The van der Waals surface area contributed by atoms with Gasteiger partial charge in [0.05, 0.1) is 27.4 Å². The van der Waals surface area contributed by atoms with Gasteiger partial charge in [-0.25, -0.2) is 4.79 Å². The topological polar surface area (TPSA) is 110 Å². The van der Waals surface area contributed by atoms with Gasteiger partial charge in [-0.1, -0.05) is 0 Å². The average molecular weight is 378 g/mol. The molecule has 1 saturated heterocycles. The molecule has 9 heteroatoms. The molecule has 3 rings (SSSR count). The zero-order chi connectivity index (χ0) is 19.8. The van der Waals surface area contributed by atoms with E-state index in [2.05, 4.69) is 0 Å². The summed E-state index contributed by atoms with van der Waals surface area (Å²) in [4.78, 5) is 25.1. The number of carbonyl (C=O) groups excluding carboxylic acids is 2. The summed E-state index contributed by atoms with van der Waals surface area (Å²) in [6, 6.07) is 5.29. The molecule has 0 spiro atoms. The Balaban J connectivity index is 1.89. The number of methoxy groups -OCH3 is 2. The zero-order valence-electron chi connectivity index (χ0n) is 15.6. The van der Waals surface area contributed by atoms with Crippen molar-refractivity contribution in [3.8, 4) is 11.5 Å². The number of nitrogens with two attached hydrogens (primary N) is 1. The van der Waals surface area contributed by atoms with Gasteiger partial charge in [0.1, 0.15) is 23.3 Å². The first-order valence-electron chi connectivity index (χ1n) is 8.31. The molecule has 9 nitrogen and oxygen atoms in total. The van der Waals surface area contributed by atoms with Crippen LogP contribution in [0.15, 0.2) is 29.7 Å². The molecule has 0 unspecified atom stereocenters. The molecule has 2 N–H and O–H groups in total. The quantitative estimate of drug-likeness (QED) is 0.799. The Bertz CT molecular complexity index is 803. The molecule has 1 aromatic rings. The molecule has 0 aromatic heterocycles. The second-order valence-corrected chi connectivity index (χ2v) is 6.52. The van der Waals surface area contributed by atoms with E-state index in [0.29, 0.717) is 17.2 Å². The van der Waals surface area contributed by atoms with Crippen molar-refractivity contribution in [2.24, 2.45) is 5.73 Å². The van der Waals surface area contributed by atoms with Crippen LogP contribution in [0.4, 0.5) is 4.79 Å². The van der Waals surface area contributed by atoms with Gasteiger partial charge >= 0.3 is 6.09 Å². The number of hydrogen-bond acceptors (Lipinski definition) is 7. The third kappa shape index (κ3) is 3.69. The second kappa shape index (κ2) is 7.09. The zero-order valence-corrected chi connectivity index (χ0v) is 15.6. The predicted octanol–water partition coefficient (Wildman–Crippen LogP) is 1.50. The Morgan fingerprint density at radius 1 is 1.33 bits per heavy atom. The highest BCUT2D eigenvalue weighted by Gasteiger charge is 2.48. The van der Waals surface area contributed by atoms with Gasteiger partial charge in [0, 0.05) is 11.6 Å². The molecule has 146 valence electrons. The summed E-state index contributed by atoms with van der Waals surface area (Å²) < 4.78 is 26.8. The predicted molar refractivity (Wildman–Crippen MR) is 92.7 cm³/mol. The van der Waals surface area contributed by atoms with E-state index in [1.165, 1.54) is 12.0 Å². The van der Waals surface area contributed by atoms with Gasteiger partial charge < -0.3 is 29.4 Å². The summed E-state index contributed by atoms with van der Waals surface area (Å²) in [7, 11) is 3.09. The first-order chi connectivity index (χ1) is 12.8. The maximum atomic E-state index is 12.5. The number of ether oxygens (including phenoxy) is 5. The molecule has 1 atom stereocenters. The summed E-state index contributed by atoms with van der Waals surface area (Å²) in [6.45, 7) is 3.95. The SMILES string of the molecule is COc1ccc(CN2C(=O)C(OC(N)=O)=C2[C@@H]2COC(C)(C)O2)c(OC)c1. The fraction of sp³-hybridized carbons (Fsp3) is 0.444. The first-order valence-corrected chi connectivity index (χ1v) is 8.31. The van der Waals surface area contributed by atoms with Crippen LogP contribution < -0.4 is 15.2 Å². The standard InChI is InChI=1S/C18H22N2O7/c1-18(2)25-9-13(27-18)14-15(26-17(19)22)16(21)20(14)8-10-5-6-11(23-3)7-12(10)24-4/h5-7,13H,8-9H2,1-4H3,(H2,19,22)/t13-/m0/s1. The number of benzene rings is 1. The van der Waals surface area contributed by atoms with Crippen LogP contribution in [0.1, 0.15) is 19.4 Å². The molecule has 1 aromatic carbocycles. The van der Waals surface area contributed by atoms with Crippen LogP contribution in [-0.2, 0) is 25.5 Å². The third-order valence-electron chi connectivity index (χ3n) is 4.30. The van der Waals surface area contributed by atoms with Crippen molar-refractivity contribution in [1.29, 1.82) is 0 Å². The van der Waals surface area contributed by atoms with Crippen molar-refractivity contribution < 1.29 is 33.3 Å². The fourth-order valence-corrected chi connectivity index (χ4v) is 3.06. The van der Waals surface area contributed by atoms with Crippen LogP contribution in [0.3, 0.4) is 0 Å². The van der Waals surface area contributed by atoms with Crippen LogP contribution in [-0.4, -0.2) is 49.6 Å². The molecule has 0 aliphatic carbocycles. The van der Waals surface area contributed by atoms with Crippen molar-refractivity contribution >= 4 is 12.0 Å². The van der Waals surface area contributed by atoms with Gasteiger partial charge in [-0.3, -0.25) is 9.69 Å². The fourth-order valence-electron chi connectivity index (χ4n) is 3.06. The van der Waals surface area contributed by atoms with Crippen LogP contribution in [0.2, 0.25) is 0 Å². The Hall–Kier alpha value is -2.78. The van der Waals surface area contributed by atoms with Crippen molar-refractivity contribution in [3.63, 3.8) is 0 Å². The minimum Gasteiger partial charge on any atom is -0.497 e. The monoisotopic (exact) mass is 378 g/mol. The maximum absolute atomic E-state index is 12.5. The smallest absolute Gasteiger partial charge is 0.410 e. The summed E-state index contributed by atoms with van der Waals surface area (Å²) in [5.74, 6) is -0.197. The van der Waals surface area contributed by atoms with Crippen molar-refractivity contribution in [3.05, 3.63) is 35.2 Å². The molecule has 1 fully saturated rings. The van der Waals surface area contributed by atoms with Gasteiger partial charge in [0.15, 0.2) is 5.79 Å². The molecular weight excluding hydrogens is 356 g/mol. The van der Waals surface area contributed by atoms with Gasteiger partial charge in [0.25, 0.3) is 5.91 Å². The van der Waals surface area contributed by atoms with Crippen molar-refractivity contribution in [1.82, 2.24) is 4.90 Å². The number of primary amides is 1. The van der Waals surface area contributed by atoms with Crippen LogP contribution in [0, 0.1) is 0 Å². The molecular formula is C18H22N2O7. The Morgan fingerprint density at radius 3 is 2.63 bits per heavy atom. The highest BCUT2D eigenvalue weighted by Crippen LogP contribution is 2.38. The molecule has 2 aliphatic rings. The van der Waals surface area contributed by atoms with Gasteiger partial charge in [-0.15, -0.1) is 0 Å². The number of carbonyl (C=O) groups is 2. The van der Waals surface area contributed by atoms with E-state index in [9.17, 15) is 9.59 Å². The van der Waals surface area contributed by atoms with E-state index in [1.807, 2.05) is 0 Å². The summed E-state index contributed by atoms with van der Waals surface area (Å²) >= 11 is 0. The number of hydrogen-bond donors (Lipinski definition) is 1. The van der Waals surface area contributed by atoms with Crippen molar-refractivity contribution in [2.75, 3.05) is 20.8 Å². The highest BCUT2D eigenvalue weighted by molar-refractivity contribution is 6.02. The Morgan fingerprint density at radius 2 is 2.07 bits per heavy atom. The van der Waals surface area contributed by atoms with E-state index in [-0.39, 0.29) is 18.9 Å². The van der Waals surface area contributed by atoms with Gasteiger partial charge in [-0.05, 0) is 26.0 Å². The maximum Gasteiger partial charge on any atom is 0.410 e. The molecule has 2 aliphatic heterocycles. The van der Waals surface area contributed by atoms with E-state index in [4.69, 9.17) is 29.4 Å². The normalized spacial score (nSPS) is 21.1. The van der Waals surface area contributed by atoms with E-state index in [0.717, 1.165) is 5.56 Å². The highest BCUT2D eigenvalue weighted by atomic mass is 16.7. The minimum absolute atomic E-state index is 0.124. The Kier molecular flexibility index (Phi) is 4.99. The van der Waals surface area contributed by atoms with Crippen LogP contribution >= 0.6 is 0 Å². The lowest BCUT2D eigenvalue weighted by atomic mass is 10.0. The lowest BCUT2D eigenvalue weighted by molar-refractivity contribution is -0.146. The van der Waals surface area contributed by atoms with Gasteiger partial charge in [-0.2, -0.15) is 0 Å². The molecule has 0 radical (unpaired) electrons. The largest absolute Gasteiger partial charge is 0.497 e. The Labute approximate surface area is 156 Å². The van der Waals surface area contributed by atoms with E-state index < -0.39 is 23.9 Å². The van der Waals surface area contributed by atoms with Gasteiger partial charge in [0.2, 0.25) is 5.76 Å². The number of amides is 2. The average Bonchev–Trinajstić information content (AvgIpc) is 2.98. The molecule has 0 bridgehead atoms. The van der Waals surface area contributed by atoms with E-state index in [1.54, 1.807) is 39.2 Å². The summed E-state index contributed by atoms with van der Waals surface area (Å²) in [5, 5.41) is 0. The van der Waals surface area contributed by atoms with E-state index >= 15 is 0 Å². The molecule has 2 amide bonds. The van der Waals surface area contributed by atoms with Crippen LogP contribution in [0.5, 0.6) is 11.5 Å². The molecule has 27 heavy (non-hydrogen) atoms.